The Morgan fingerprint density at radius 2 is 2.14 bits per heavy atom. The van der Waals surface area contributed by atoms with Crippen molar-refractivity contribution in [1.29, 1.82) is 0 Å². The van der Waals surface area contributed by atoms with Gasteiger partial charge in [0, 0.05) is 10.7 Å². The molecule has 0 atom stereocenters. The third-order valence-electron chi connectivity index (χ3n) is 0.189. The van der Waals surface area contributed by atoms with Gasteiger partial charge in [-0.2, -0.15) is 12.6 Å². The van der Waals surface area contributed by atoms with Crippen molar-refractivity contribution in [3.8, 4) is 0 Å². The molecule has 0 aliphatic carbocycles. The summed E-state index contributed by atoms with van der Waals surface area (Å²) in [6.45, 7) is 0. The minimum atomic E-state index is -3.81. The molecular weight excluding hydrogens is 163 g/mol. The van der Waals surface area contributed by atoms with Crippen LogP contribution < -0.4 is 0 Å². The van der Waals surface area contributed by atoms with Crippen molar-refractivity contribution < 1.29 is 24.2 Å². The van der Waals surface area contributed by atoms with Gasteiger partial charge in [-0.25, -0.2) is 0 Å². The predicted octanol–water partition coefficient (Wildman–Crippen LogP) is -0.274. The van der Waals surface area contributed by atoms with Crippen LogP contribution in [0.5, 0.6) is 0 Å². The van der Waals surface area contributed by atoms with Gasteiger partial charge in [-0.15, -0.1) is 0 Å². The van der Waals surface area contributed by atoms with Gasteiger partial charge >= 0.3 is 9.33 Å². The largest absolute Gasteiger partial charge is 0.360 e. The van der Waals surface area contributed by atoms with Gasteiger partial charge in [-0.05, 0) is 0 Å². The molecule has 0 bridgehead atoms. The lowest BCUT2D eigenvalue weighted by atomic mass is 11.7. The lowest BCUT2D eigenvalue weighted by Gasteiger charge is -1.81. The molecule has 0 saturated heterocycles. The van der Waals surface area contributed by atoms with Crippen LogP contribution in [0.1, 0.15) is 0 Å². The Bertz CT molecular complexity index is 126. The van der Waals surface area contributed by atoms with Gasteiger partial charge in [0.1, 0.15) is 11.6 Å². The van der Waals surface area contributed by atoms with Gasteiger partial charge in [-0.1, -0.05) is 0 Å². The summed E-state index contributed by atoms with van der Waals surface area (Å²) in [4.78, 5) is 0. The van der Waals surface area contributed by atoms with Crippen molar-refractivity contribution >= 4 is 20.0 Å². The van der Waals surface area contributed by atoms with Crippen LogP contribution in [0.25, 0.3) is 0 Å². The first-order chi connectivity index (χ1) is 3.06. The standard InChI is InChI=1S/CH3Cl2O3S/c2-1-6-7(3,4)5/h2H,1H2/q+1. The monoisotopic (exact) mass is 165 g/mol. The van der Waals surface area contributed by atoms with Crippen LogP contribution in [-0.2, 0) is 13.5 Å². The van der Waals surface area contributed by atoms with Crippen molar-refractivity contribution in [2.45, 2.75) is 0 Å². The van der Waals surface area contributed by atoms with E-state index in [2.05, 4.69) is 26.5 Å². The second-order valence-electron chi connectivity index (χ2n) is 0.629. The molecule has 0 saturated carbocycles. The summed E-state index contributed by atoms with van der Waals surface area (Å²) < 4.78 is 23.2. The summed E-state index contributed by atoms with van der Waals surface area (Å²) in [6, 6.07) is -0.328. The molecule has 0 aliphatic rings. The van der Waals surface area contributed by atoms with E-state index in [1.165, 1.54) is 0 Å². The normalized spacial score (nSPS) is 11.7. The third-order valence-corrected chi connectivity index (χ3v) is 1.12. The minimum Gasteiger partial charge on any atom is -0.198 e. The molecule has 0 aliphatic heterocycles. The van der Waals surface area contributed by atoms with E-state index in [4.69, 9.17) is 0 Å². The molecule has 0 heterocycles. The zero-order valence-electron chi connectivity index (χ0n) is 3.13. The molecule has 0 unspecified atom stereocenters. The van der Waals surface area contributed by atoms with Crippen LogP contribution in [0, 0.1) is 11.6 Å². The number of alkyl halides is 1. The van der Waals surface area contributed by atoms with E-state index in [0.717, 1.165) is 0 Å². The molecule has 3 nitrogen and oxygen atoms in total. The van der Waals surface area contributed by atoms with Gasteiger partial charge in [0.15, 0.2) is 0 Å². The Balaban J connectivity index is 3.60. The topological polar surface area (TPSA) is 43.4 Å². The van der Waals surface area contributed by atoms with Gasteiger partial charge in [0.2, 0.25) is 0 Å². The SMILES string of the molecule is O=S(=O)(Cl)OC[ClH+]. The predicted molar refractivity (Wildman–Crippen MR) is 22.1 cm³/mol. The van der Waals surface area contributed by atoms with Crippen molar-refractivity contribution in [3.63, 3.8) is 0 Å². The molecule has 0 aromatic heterocycles. The lowest BCUT2D eigenvalue weighted by Crippen LogP contribution is -1.94. The van der Waals surface area contributed by atoms with E-state index in [1.807, 2.05) is 0 Å². The van der Waals surface area contributed by atoms with Crippen molar-refractivity contribution in [1.82, 2.24) is 0 Å². The molecule has 0 fully saturated rings. The number of halogens is 2. The molecule has 0 amide bonds. The highest BCUT2D eigenvalue weighted by atomic mass is 35.7. The van der Waals surface area contributed by atoms with Gasteiger partial charge < -0.3 is 0 Å². The Morgan fingerprint density at radius 1 is 1.71 bits per heavy atom. The summed E-state index contributed by atoms with van der Waals surface area (Å²) in [5.74, 6) is 0. The fourth-order valence-corrected chi connectivity index (χ4v) is 0.845. The summed E-state index contributed by atoms with van der Waals surface area (Å²) in [5.41, 5.74) is 0. The summed E-state index contributed by atoms with van der Waals surface area (Å²) in [6.07, 6.45) is 0. The quantitative estimate of drug-likeness (QED) is 0.418. The first kappa shape index (κ1) is 7.49. The highest BCUT2D eigenvalue weighted by Gasteiger charge is 2.03. The van der Waals surface area contributed by atoms with E-state index in [-0.39, 0.29) is 6.07 Å². The average Bonchev–Trinajstić information content (AvgIpc) is 1.30. The Kier molecular flexibility index (Phi) is 2.90. The first-order valence-electron chi connectivity index (χ1n) is 1.23. The molecular formula is CH3Cl2O3S+. The lowest BCUT2D eigenvalue weighted by molar-refractivity contribution is -0.412. The van der Waals surface area contributed by atoms with Crippen LogP contribution >= 0.6 is 10.7 Å². The maximum Gasteiger partial charge on any atom is 0.360 e. The van der Waals surface area contributed by atoms with Crippen molar-refractivity contribution in [2.24, 2.45) is 0 Å². The smallest absolute Gasteiger partial charge is 0.198 e. The zero-order chi connectivity index (χ0) is 5.91. The molecule has 44 valence electrons. The van der Waals surface area contributed by atoms with Crippen LogP contribution in [0.2, 0.25) is 0 Å². The molecule has 0 rings (SSSR count). The molecule has 0 radical (unpaired) electrons. The summed E-state index contributed by atoms with van der Waals surface area (Å²) in [7, 11) is 0.710. The Hall–Kier alpha value is 0.490. The number of hydrogen-bond acceptors (Lipinski definition) is 3. The van der Waals surface area contributed by atoms with E-state index < -0.39 is 9.33 Å². The van der Waals surface area contributed by atoms with E-state index in [1.54, 1.807) is 0 Å². The molecule has 6 heteroatoms. The van der Waals surface area contributed by atoms with E-state index in [9.17, 15) is 8.42 Å². The molecule has 0 aromatic carbocycles. The maximum absolute atomic E-state index is 9.71. The second-order valence-corrected chi connectivity index (χ2v) is 3.02. The Labute approximate surface area is 50.8 Å². The van der Waals surface area contributed by atoms with Crippen LogP contribution in [-0.4, -0.2) is 14.5 Å². The zero-order valence-corrected chi connectivity index (χ0v) is 5.52. The highest BCUT2D eigenvalue weighted by Crippen LogP contribution is 1.95. The maximum atomic E-state index is 9.71. The van der Waals surface area contributed by atoms with E-state index in [0.29, 0.717) is 0 Å². The Morgan fingerprint density at radius 3 is 2.14 bits per heavy atom. The summed E-state index contributed by atoms with van der Waals surface area (Å²) >= 11 is 4.11. The molecule has 0 spiro atoms. The van der Waals surface area contributed by atoms with Crippen LogP contribution in [0.4, 0.5) is 0 Å². The number of hydrogen-bond donors (Lipinski definition) is 0. The third kappa shape index (κ3) is 6.49. The van der Waals surface area contributed by atoms with Gasteiger partial charge in [0.25, 0.3) is 6.07 Å². The minimum absolute atomic E-state index is 0.328. The summed E-state index contributed by atoms with van der Waals surface area (Å²) in [5, 5.41) is 0. The fourth-order valence-electron chi connectivity index (χ4n) is 0.0575. The fraction of sp³-hybridized carbons (Fsp3) is 1.00. The van der Waals surface area contributed by atoms with Gasteiger partial charge in [0.05, 0.1) is 0 Å². The molecule has 7 heavy (non-hydrogen) atoms. The molecule has 0 N–H and O–H groups in total. The molecule has 0 aromatic rings. The van der Waals surface area contributed by atoms with Crippen molar-refractivity contribution in [2.75, 3.05) is 6.07 Å². The van der Waals surface area contributed by atoms with Crippen molar-refractivity contribution in [3.05, 3.63) is 0 Å². The average molecular weight is 166 g/mol. The van der Waals surface area contributed by atoms with Gasteiger partial charge in [-0.3, -0.25) is 0 Å². The van der Waals surface area contributed by atoms with E-state index >= 15 is 0 Å². The first-order valence-corrected chi connectivity index (χ1v) is 4.04. The highest BCUT2D eigenvalue weighted by molar-refractivity contribution is 8.09. The number of rotatable bonds is 2. The second kappa shape index (κ2) is 2.71. The van der Waals surface area contributed by atoms with Crippen LogP contribution in [0.3, 0.4) is 0 Å². The van der Waals surface area contributed by atoms with Crippen LogP contribution in [0.15, 0.2) is 0 Å².